The highest BCUT2D eigenvalue weighted by atomic mass is 19.1. The third-order valence-electron chi connectivity index (χ3n) is 6.27. The lowest BCUT2D eigenvalue weighted by molar-refractivity contribution is -0.138. The normalized spacial score (nSPS) is 18.5. The molecule has 0 saturated carbocycles. The average Bonchev–Trinajstić information content (AvgIpc) is 3.25. The molecule has 1 N–H and O–H groups in total. The zero-order valence-electron chi connectivity index (χ0n) is 19.7. The summed E-state index contributed by atoms with van der Waals surface area (Å²) in [7, 11) is 0. The maximum absolute atomic E-state index is 14.8. The van der Waals surface area contributed by atoms with Gasteiger partial charge in [-0.2, -0.15) is 10.2 Å². The lowest BCUT2D eigenvalue weighted by atomic mass is 9.94. The van der Waals surface area contributed by atoms with Gasteiger partial charge in [0, 0.05) is 12.6 Å². The highest BCUT2D eigenvalue weighted by molar-refractivity contribution is 5.89. The molecule has 0 spiro atoms. The van der Waals surface area contributed by atoms with Crippen molar-refractivity contribution in [3.8, 4) is 0 Å². The SMILES string of the molecule is CC(C)c1ccc([C@@H](NC(=O)[C@@H]2C[C@@H](F)CN2C(=O)Cc2ccnnc2)c2ccccc2)cc1F. The summed E-state index contributed by atoms with van der Waals surface area (Å²) >= 11 is 0. The number of aromatic nitrogens is 2. The summed E-state index contributed by atoms with van der Waals surface area (Å²) in [5.74, 6) is -1.17. The fraction of sp³-hybridized carbons (Fsp3) is 0.333. The minimum absolute atomic E-state index is 0.00396. The Morgan fingerprint density at radius 2 is 1.86 bits per heavy atom. The molecule has 8 heteroatoms. The number of carbonyl (C=O) groups is 2. The van der Waals surface area contributed by atoms with Crippen molar-refractivity contribution in [3.63, 3.8) is 0 Å². The van der Waals surface area contributed by atoms with Gasteiger partial charge < -0.3 is 10.2 Å². The van der Waals surface area contributed by atoms with Crippen LogP contribution in [-0.4, -0.2) is 45.7 Å². The van der Waals surface area contributed by atoms with E-state index in [1.54, 1.807) is 18.2 Å². The van der Waals surface area contributed by atoms with Crippen LogP contribution in [0.1, 0.15) is 54.5 Å². The molecule has 2 heterocycles. The molecule has 0 bridgehead atoms. The average molecular weight is 479 g/mol. The van der Waals surface area contributed by atoms with Gasteiger partial charge in [0.05, 0.1) is 25.2 Å². The van der Waals surface area contributed by atoms with Gasteiger partial charge in [0.2, 0.25) is 11.8 Å². The van der Waals surface area contributed by atoms with Gasteiger partial charge in [-0.3, -0.25) is 9.59 Å². The van der Waals surface area contributed by atoms with Gasteiger partial charge in [-0.05, 0) is 40.3 Å². The molecule has 182 valence electrons. The standard InChI is InChI=1S/C27H28F2N4O2/c1-17(2)22-9-8-20(13-23(22)29)26(19-6-4-3-5-7-19)32-27(35)24-14-21(28)16-33(24)25(34)12-18-10-11-30-31-15-18/h3-11,13,15,17,21,24,26H,12,14,16H2,1-2H3,(H,32,35)/t21-,24+,26+/m1/s1. The second kappa shape index (κ2) is 10.7. The Morgan fingerprint density at radius 1 is 1.09 bits per heavy atom. The van der Waals surface area contributed by atoms with E-state index in [1.165, 1.54) is 23.4 Å². The van der Waals surface area contributed by atoms with Crippen LogP contribution in [0.3, 0.4) is 0 Å². The Labute approximate surface area is 203 Å². The third kappa shape index (κ3) is 5.70. The molecule has 1 saturated heterocycles. The molecule has 0 aliphatic carbocycles. The van der Waals surface area contributed by atoms with Crippen molar-refractivity contribution in [2.75, 3.05) is 6.54 Å². The lowest BCUT2D eigenvalue weighted by Gasteiger charge is -2.27. The number of hydrogen-bond donors (Lipinski definition) is 1. The summed E-state index contributed by atoms with van der Waals surface area (Å²) in [5.41, 5.74) is 2.55. The van der Waals surface area contributed by atoms with E-state index in [1.807, 2.05) is 44.2 Å². The van der Waals surface area contributed by atoms with Crippen LogP contribution in [0.2, 0.25) is 0 Å². The number of nitrogens with zero attached hydrogens (tertiary/aromatic N) is 3. The van der Waals surface area contributed by atoms with Crippen molar-refractivity contribution in [3.05, 3.63) is 95.1 Å². The monoisotopic (exact) mass is 478 g/mol. The first kappa shape index (κ1) is 24.4. The number of amides is 2. The summed E-state index contributed by atoms with van der Waals surface area (Å²) in [4.78, 5) is 27.6. The third-order valence-corrected chi connectivity index (χ3v) is 6.27. The van der Waals surface area contributed by atoms with Crippen LogP contribution in [0.15, 0.2) is 67.0 Å². The minimum atomic E-state index is -1.30. The molecule has 2 amide bonds. The minimum Gasteiger partial charge on any atom is -0.343 e. The predicted octanol–water partition coefficient (Wildman–Crippen LogP) is 4.13. The van der Waals surface area contributed by atoms with Crippen molar-refractivity contribution in [1.29, 1.82) is 0 Å². The number of likely N-dealkylation sites (tertiary alicyclic amines) is 1. The fourth-order valence-electron chi connectivity index (χ4n) is 4.44. The Kier molecular flexibility index (Phi) is 7.48. The van der Waals surface area contributed by atoms with E-state index in [0.717, 1.165) is 5.56 Å². The van der Waals surface area contributed by atoms with Gasteiger partial charge in [0.15, 0.2) is 0 Å². The van der Waals surface area contributed by atoms with Gasteiger partial charge in [-0.25, -0.2) is 8.78 Å². The number of carbonyl (C=O) groups excluding carboxylic acids is 2. The zero-order valence-corrected chi connectivity index (χ0v) is 19.7. The summed E-state index contributed by atoms with van der Waals surface area (Å²) in [6, 6.07) is 14.2. The number of nitrogens with one attached hydrogen (secondary N) is 1. The van der Waals surface area contributed by atoms with E-state index in [2.05, 4.69) is 15.5 Å². The molecular formula is C27H28F2N4O2. The van der Waals surface area contributed by atoms with Crippen LogP contribution in [-0.2, 0) is 16.0 Å². The molecule has 3 atom stereocenters. The molecule has 1 fully saturated rings. The van der Waals surface area contributed by atoms with E-state index in [0.29, 0.717) is 16.7 Å². The first-order chi connectivity index (χ1) is 16.8. The molecule has 1 aliphatic heterocycles. The Balaban J connectivity index is 1.58. The molecule has 35 heavy (non-hydrogen) atoms. The Morgan fingerprint density at radius 3 is 2.51 bits per heavy atom. The lowest BCUT2D eigenvalue weighted by Crippen LogP contribution is -2.47. The highest BCUT2D eigenvalue weighted by Gasteiger charge is 2.40. The molecule has 2 aromatic carbocycles. The molecule has 1 aliphatic rings. The van der Waals surface area contributed by atoms with E-state index < -0.39 is 24.2 Å². The van der Waals surface area contributed by atoms with Gasteiger partial charge in [0.25, 0.3) is 0 Å². The predicted molar refractivity (Wildman–Crippen MR) is 128 cm³/mol. The first-order valence-electron chi connectivity index (χ1n) is 11.7. The van der Waals surface area contributed by atoms with Crippen molar-refractivity contribution >= 4 is 11.8 Å². The largest absolute Gasteiger partial charge is 0.343 e. The van der Waals surface area contributed by atoms with Gasteiger partial charge >= 0.3 is 0 Å². The topological polar surface area (TPSA) is 75.2 Å². The number of benzene rings is 2. The van der Waals surface area contributed by atoms with E-state index >= 15 is 0 Å². The molecule has 0 unspecified atom stereocenters. The van der Waals surface area contributed by atoms with Gasteiger partial charge in [0.1, 0.15) is 18.0 Å². The van der Waals surface area contributed by atoms with Crippen LogP contribution >= 0.6 is 0 Å². The summed E-state index contributed by atoms with van der Waals surface area (Å²) < 4.78 is 29.2. The summed E-state index contributed by atoms with van der Waals surface area (Å²) in [5, 5.41) is 10.4. The summed E-state index contributed by atoms with van der Waals surface area (Å²) in [6.07, 6.45) is 1.55. The van der Waals surface area contributed by atoms with E-state index in [4.69, 9.17) is 0 Å². The molecule has 6 nitrogen and oxygen atoms in total. The van der Waals surface area contributed by atoms with Crippen molar-refractivity contribution < 1.29 is 18.4 Å². The quantitative estimate of drug-likeness (QED) is 0.554. The second-order valence-electron chi connectivity index (χ2n) is 9.11. The summed E-state index contributed by atoms with van der Waals surface area (Å²) in [6.45, 7) is 3.68. The smallest absolute Gasteiger partial charge is 0.243 e. The molecular weight excluding hydrogens is 450 g/mol. The Hall–Kier alpha value is -3.68. The van der Waals surface area contributed by atoms with Gasteiger partial charge in [-0.15, -0.1) is 0 Å². The van der Waals surface area contributed by atoms with Crippen LogP contribution in [0.5, 0.6) is 0 Å². The molecule has 4 rings (SSSR count). The van der Waals surface area contributed by atoms with Crippen molar-refractivity contribution in [2.24, 2.45) is 0 Å². The molecule has 0 radical (unpaired) electrons. The number of rotatable bonds is 7. The van der Waals surface area contributed by atoms with Crippen molar-refractivity contribution in [1.82, 2.24) is 20.4 Å². The number of hydrogen-bond acceptors (Lipinski definition) is 4. The van der Waals surface area contributed by atoms with Crippen LogP contribution in [0.25, 0.3) is 0 Å². The Bertz CT molecular complexity index is 1170. The second-order valence-corrected chi connectivity index (χ2v) is 9.11. The maximum Gasteiger partial charge on any atom is 0.243 e. The molecule has 1 aromatic heterocycles. The van der Waals surface area contributed by atoms with Crippen LogP contribution in [0, 0.1) is 5.82 Å². The van der Waals surface area contributed by atoms with E-state index in [-0.39, 0.29) is 37.0 Å². The molecule has 3 aromatic rings. The first-order valence-corrected chi connectivity index (χ1v) is 11.7. The van der Waals surface area contributed by atoms with Crippen molar-refractivity contribution in [2.45, 2.75) is 50.9 Å². The van der Waals surface area contributed by atoms with Gasteiger partial charge in [-0.1, -0.05) is 56.3 Å². The number of halogens is 2. The van der Waals surface area contributed by atoms with Crippen LogP contribution < -0.4 is 5.32 Å². The fourth-order valence-corrected chi connectivity index (χ4v) is 4.44. The maximum atomic E-state index is 14.8. The number of alkyl halides is 1. The highest BCUT2D eigenvalue weighted by Crippen LogP contribution is 2.28. The zero-order chi connectivity index (χ0) is 24.9. The van der Waals surface area contributed by atoms with Crippen LogP contribution in [0.4, 0.5) is 8.78 Å². The van der Waals surface area contributed by atoms with E-state index in [9.17, 15) is 18.4 Å².